The van der Waals surface area contributed by atoms with Gasteiger partial charge in [0, 0.05) is 18.0 Å². The fraction of sp³-hybridized carbons (Fsp3) is 0.462. The Bertz CT molecular complexity index is 1030. The van der Waals surface area contributed by atoms with E-state index in [0.717, 1.165) is 29.0 Å². The van der Waals surface area contributed by atoms with Gasteiger partial charge in [-0.3, -0.25) is 4.79 Å². The van der Waals surface area contributed by atoms with Crippen molar-refractivity contribution in [2.75, 3.05) is 13.6 Å². The van der Waals surface area contributed by atoms with Gasteiger partial charge in [0.15, 0.2) is 0 Å². The number of carbonyl (C=O) groups excluding carboxylic acids is 1. The zero-order chi connectivity index (χ0) is 22.7. The molecule has 4 rings (SSSR count). The van der Waals surface area contributed by atoms with E-state index in [1.807, 2.05) is 24.3 Å². The highest BCUT2D eigenvalue weighted by atomic mass is 32.1. The molecule has 168 valence electrons. The molecular formula is C26H32N4OS. The van der Waals surface area contributed by atoms with E-state index >= 15 is 0 Å². The van der Waals surface area contributed by atoms with E-state index < -0.39 is 5.54 Å². The Hall–Kier alpha value is -2.62. The van der Waals surface area contributed by atoms with Crippen LogP contribution < -0.4 is 10.6 Å². The number of benzene rings is 1. The first-order valence-electron chi connectivity index (χ1n) is 11.5. The zero-order valence-corrected chi connectivity index (χ0v) is 19.8. The van der Waals surface area contributed by atoms with Gasteiger partial charge in [0.2, 0.25) is 5.91 Å². The highest BCUT2D eigenvalue weighted by Crippen LogP contribution is 2.42. The SMILES string of the molecule is C=C1N[C@](C)(c2cc(-c3cccc(C#N)c3)cs2)[C@H](CCNC2CCCCC2)C(=O)N1C. The van der Waals surface area contributed by atoms with Crippen molar-refractivity contribution in [2.24, 2.45) is 5.92 Å². The predicted octanol–water partition coefficient (Wildman–Crippen LogP) is 4.96. The van der Waals surface area contributed by atoms with Gasteiger partial charge < -0.3 is 15.5 Å². The van der Waals surface area contributed by atoms with Gasteiger partial charge in [-0.1, -0.05) is 38.0 Å². The van der Waals surface area contributed by atoms with Crippen molar-refractivity contribution in [3.05, 3.63) is 58.6 Å². The molecule has 1 aromatic carbocycles. The maximum atomic E-state index is 13.3. The minimum absolute atomic E-state index is 0.114. The number of carbonyl (C=O) groups is 1. The van der Waals surface area contributed by atoms with Crippen LogP contribution in [-0.4, -0.2) is 30.4 Å². The standard InChI is InChI=1S/C26H32N4OS/c1-18-29-26(2,24-15-21(17-32-24)20-9-7-8-19(14-20)16-27)23(25(31)30(18)3)12-13-28-22-10-5-4-6-11-22/h7-9,14-15,17,22-23,28-29H,1,4-6,10-13H2,2-3H3/t23-,26+/m1/s1. The van der Waals surface area contributed by atoms with Crippen LogP contribution in [0.5, 0.6) is 0 Å². The third-order valence-corrected chi connectivity index (χ3v) is 8.21. The highest BCUT2D eigenvalue weighted by Gasteiger charge is 2.47. The molecule has 2 atom stereocenters. The van der Waals surface area contributed by atoms with Gasteiger partial charge in [0.1, 0.15) is 5.82 Å². The molecule has 1 aromatic heterocycles. The Labute approximate surface area is 195 Å². The first kappa shape index (κ1) is 22.6. The summed E-state index contributed by atoms with van der Waals surface area (Å²) in [5.41, 5.74) is 2.21. The van der Waals surface area contributed by atoms with Crippen LogP contribution in [0.2, 0.25) is 0 Å². The lowest BCUT2D eigenvalue weighted by Gasteiger charge is -2.46. The van der Waals surface area contributed by atoms with E-state index in [0.29, 0.717) is 17.4 Å². The summed E-state index contributed by atoms with van der Waals surface area (Å²) in [4.78, 5) is 16.1. The maximum Gasteiger partial charge on any atom is 0.233 e. The minimum Gasteiger partial charge on any atom is -0.361 e. The molecule has 6 heteroatoms. The van der Waals surface area contributed by atoms with E-state index in [1.54, 1.807) is 23.3 Å². The Morgan fingerprint density at radius 1 is 1.28 bits per heavy atom. The average Bonchev–Trinajstić information content (AvgIpc) is 3.32. The fourth-order valence-corrected chi connectivity index (χ4v) is 6.09. The van der Waals surface area contributed by atoms with Crippen molar-refractivity contribution >= 4 is 17.2 Å². The number of nitrogens with one attached hydrogen (secondary N) is 2. The molecule has 2 aliphatic rings. The Kier molecular flexibility index (Phi) is 6.68. The van der Waals surface area contributed by atoms with Gasteiger partial charge in [-0.2, -0.15) is 5.26 Å². The van der Waals surface area contributed by atoms with Gasteiger partial charge in [-0.05, 0) is 67.4 Å². The molecule has 1 aliphatic heterocycles. The van der Waals surface area contributed by atoms with Crippen LogP contribution >= 0.6 is 11.3 Å². The van der Waals surface area contributed by atoms with Crippen LogP contribution in [0, 0.1) is 17.2 Å². The third kappa shape index (κ3) is 4.46. The summed E-state index contributed by atoms with van der Waals surface area (Å²) < 4.78 is 0. The summed E-state index contributed by atoms with van der Waals surface area (Å²) in [6.07, 6.45) is 7.18. The number of amides is 1. The lowest BCUT2D eigenvalue weighted by atomic mass is 9.78. The molecule has 1 saturated heterocycles. The molecule has 0 unspecified atom stereocenters. The Morgan fingerprint density at radius 2 is 2.06 bits per heavy atom. The second kappa shape index (κ2) is 9.48. The first-order valence-corrected chi connectivity index (χ1v) is 12.4. The Morgan fingerprint density at radius 3 is 2.81 bits per heavy atom. The van der Waals surface area contributed by atoms with Crippen molar-refractivity contribution in [2.45, 2.75) is 57.0 Å². The Balaban J connectivity index is 1.57. The average molecular weight is 449 g/mol. The molecule has 0 radical (unpaired) electrons. The quantitative estimate of drug-likeness (QED) is 0.655. The lowest BCUT2D eigenvalue weighted by Crippen LogP contribution is -2.59. The zero-order valence-electron chi connectivity index (χ0n) is 19.0. The van der Waals surface area contributed by atoms with Crippen LogP contribution in [0.25, 0.3) is 11.1 Å². The van der Waals surface area contributed by atoms with Gasteiger partial charge in [-0.15, -0.1) is 11.3 Å². The molecule has 1 amide bonds. The van der Waals surface area contributed by atoms with Crippen molar-refractivity contribution < 1.29 is 4.79 Å². The molecule has 32 heavy (non-hydrogen) atoms. The van der Waals surface area contributed by atoms with Crippen LogP contribution in [0.1, 0.15) is 55.9 Å². The topological polar surface area (TPSA) is 68.2 Å². The van der Waals surface area contributed by atoms with Crippen molar-refractivity contribution in [1.82, 2.24) is 15.5 Å². The molecule has 2 fully saturated rings. The molecule has 1 aliphatic carbocycles. The largest absolute Gasteiger partial charge is 0.361 e. The van der Waals surface area contributed by atoms with Crippen LogP contribution in [-0.2, 0) is 10.3 Å². The van der Waals surface area contributed by atoms with E-state index in [1.165, 1.54) is 32.1 Å². The van der Waals surface area contributed by atoms with Crippen LogP contribution in [0.15, 0.2) is 48.1 Å². The minimum atomic E-state index is -0.523. The molecule has 5 nitrogen and oxygen atoms in total. The van der Waals surface area contributed by atoms with Gasteiger partial charge >= 0.3 is 0 Å². The monoisotopic (exact) mass is 448 g/mol. The molecule has 0 spiro atoms. The summed E-state index contributed by atoms with van der Waals surface area (Å²) >= 11 is 1.66. The van der Waals surface area contributed by atoms with E-state index in [9.17, 15) is 10.1 Å². The lowest BCUT2D eigenvalue weighted by molar-refractivity contribution is -0.139. The second-order valence-electron chi connectivity index (χ2n) is 9.19. The highest BCUT2D eigenvalue weighted by molar-refractivity contribution is 7.10. The summed E-state index contributed by atoms with van der Waals surface area (Å²) in [5, 5.41) is 18.6. The van der Waals surface area contributed by atoms with Crippen LogP contribution in [0.4, 0.5) is 0 Å². The number of rotatable bonds is 6. The summed E-state index contributed by atoms with van der Waals surface area (Å²) in [7, 11) is 1.80. The van der Waals surface area contributed by atoms with Gasteiger partial charge in [0.25, 0.3) is 0 Å². The summed E-state index contributed by atoms with van der Waals surface area (Å²) in [5.74, 6) is 0.560. The van der Waals surface area contributed by atoms with Gasteiger partial charge in [-0.25, -0.2) is 0 Å². The van der Waals surface area contributed by atoms with Gasteiger partial charge in [0.05, 0.1) is 23.1 Å². The fourth-order valence-electron chi connectivity index (χ4n) is 5.00. The van der Waals surface area contributed by atoms with E-state index in [2.05, 4.69) is 41.7 Å². The maximum absolute atomic E-state index is 13.3. The summed E-state index contributed by atoms with van der Waals surface area (Å²) in [6, 6.07) is 12.6. The molecule has 2 heterocycles. The third-order valence-electron chi connectivity index (χ3n) is 7.04. The molecule has 2 N–H and O–H groups in total. The number of nitriles is 1. The summed E-state index contributed by atoms with van der Waals surface area (Å²) in [6.45, 7) is 7.04. The van der Waals surface area contributed by atoms with Crippen LogP contribution in [0.3, 0.4) is 0 Å². The smallest absolute Gasteiger partial charge is 0.233 e. The first-order chi connectivity index (χ1) is 15.4. The number of hydrogen-bond acceptors (Lipinski definition) is 5. The van der Waals surface area contributed by atoms with Crippen molar-refractivity contribution in [3.63, 3.8) is 0 Å². The van der Waals surface area contributed by atoms with E-state index in [-0.39, 0.29) is 11.8 Å². The number of hydrogen-bond donors (Lipinski definition) is 2. The molecule has 1 saturated carbocycles. The second-order valence-corrected chi connectivity index (χ2v) is 10.1. The number of thiophene rings is 1. The van der Waals surface area contributed by atoms with E-state index in [4.69, 9.17) is 0 Å². The number of nitrogens with zero attached hydrogens (tertiary/aromatic N) is 2. The van der Waals surface area contributed by atoms with Crippen molar-refractivity contribution in [3.8, 4) is 17.2 Å². The molecule has 2 aromatic rings. The molecule has 0 bridgehead atoms. The molecular weight excluding hydrogens is 416 g/mol. The predicted molar refractivity (Wildman–Crippen MR) is 130 cm³/mol. The van der Waals surface area contributed by atoms with Crippen molar-refractivity contribution in [1.29, 1.82) is 5.26 Å². The normalized spacial score (nSPS) is 24.3.